The highest BCUT2D eigenvalue weighted by atomic mass is 16.7. The Balaban J connectivity index is 1.78. The van der Waals surface area contributed by atoms with Crippen LogP contribution in [0, 0.1) is 35.5 Å². The highest BCUT2D eigenvalue weighted by Crippen LogP contribution is 2.74. The van der Waals surface area contributed by atoms with Crippen molar-refractivity contribution >= 4 is 6.16 Å². The molecule has 4 saturated carbocycles. The fraction of sp³-hybridized carbons (Fsp3) is 0.909. The lowest BCUT2D eigenvalue weighted by Crippen LogP contribution is -2.47. The molecule has 0 radical (unpaired) electrons. The summed E-state index contributed by atoms with van der Waals surface area (Å²) < 4.78 is 10.9. The van der Waals surface area contributed by atoms with Crippen molar-refractivity contribution in [1.29, 1.82) is 0 Å². The fourth-order valence-corrected chi connectivity index (χ4v) is 5.65. The monoisotopic (exact) mass is 192 g/mol. The van der Waals surface area contributed by atoms with E-state index in [1.54, 1.807) is 0 Å². The van der Waals surface area contributed by atoms with Crippen LogP contribution in [0.15, 0.2) is 0 Å². The first-order valence-corrected chi connectivity index (χ1v) is 5.72. The molecule has 6 fully saturated rings. The molecule has 3 nitrogen and oxygen atoms in total. The Morgan fingerprint density at radius 3 is 1.86 bits per heavy atom. The van der Waals surface area contributed by atoms with Crippen LogP contribution in [0.1, 0.15) is 12.8 Å². The maximum atomic E-state index is 11.3. The zero-order valence-corrected chi connectivity index (χ0v) is 7.76. The Bertz CT molecular complexity index is 320. The molecule has 8 unspecified atom stereocenters. The van der Waals surface area contributed by atoms with Crippen LogP contribution in [0.4, 0.5) is 4.79 Å². The molecule has 3 heteroatoms. The zero-order chi connectivity index (χ0) is 9.02. The smallest absolute Gasteiger partial charge is 0.430 e. The standard InChI is InChI=1S/C11H12O3/c12-11-13-9-5-1-3-4-2-6(7(3)9)10(14-11)8(4)5/h3-10H,1-2H2. The number of fused-ring (bicyclic) bond motifs is 2. The molecular weight excluding hydrogens is 180 g/mol. The van der Waals surface area contributed by atoms with Gasteiger partial charge < -0.3 is 9.47 Å². The fourth-order valence-electron chi connectivity index (χ4n) is 5.65. The predicted octanol–water partition coefficient (Wildman–Crippen LogP) is 1.42. The second-order valence-corrected chi connectivity index (χ2v) is 5.70. The average Bonchev–Trinajstić information content (AvgIpc) is 2.74. The minimum absolute atomic E-state index is 0.236. The molecule has 2 heterocycles. The van der Waals surface area contributed by atoms with E-state index in [0.29, 0.717) is 23.7 Å². The van der Waals surface area contributed by atoms with Gasteiger partial charge in [0, 0.05) is 23.7 Å². The lowest BCUT2D eigenvalue weighted by molar-refractivity contribution is -0.0267. The molecule has 2 aliphatic heterocycles. The minimum atomic E-state index is -0.386. The van der Waals surface area contributed by atoms with E-state index in [1.807, 2.05) is 0 Å². The van der Waals surface area contributed by atoms with Gasteiger partial charge in [0.05, 0.1) is 0 Å². The molecule has 2 saturated heterocycles. The Hall–Kier alpha value is -0.730. The van der Waals surface area contributed by atoms with Crippen LogP contribution in [0.2, 0.25) is 0 Å². The van der Waals surface area contributed by atoms with Crippen molar-refractivity contribution in [3.8, 4) is 0 Å². The topological polar surface area (TPSA) is 35.5 Å². The average molecular weight is 192 g/mol. The second kappa shape index (κ2) is 1.70. The minimum Gasteiger partial charge on any atom is -0.430 e. The highest BCUT2D eigenvalue weighted by molar-refractivity contribution is 5.62. The van der Waals surface area contributed by atoms with Crippen molar-refractivity contribution in [3.63, 3.8) is 0 Å². The van der Waals surface area contributed by atoms with Crippen LogP contribution in [-0.4, -0.2) is 18.4 Å². The maximum Gasteiger partial charge on any atom is 0.508 e. The van der Waals surface area contributed by atoms with Crippen LogP contribution in [0.5, 0.6) is 0 Å². The van der Waals surface area contributed by atoms with E-state index < -0.39 is 0 Å². The third-order valence-corrected chi connectivity index (χ3v) is 5.68. The number of carbonyl (C=O) groups excluding carboxylic acids is 1. The Morgan fingerprint density at radius 2 is 1.36 bits per heavy atom. The molecule has 0 aromatic carbocycles. The summed E-state index contributed by atoms with van der Waals surface area (Å²) >= 11 is 0. The highest BCUT2D eigenvalue weighted by Gasteiger charge is 2.76. The third-order valence-electron chi connectivity index (χ3n) is 5.68. The van der Waals surface area contributed by atoms with Crippen LogP contribution in [-0.2, 0) is 9.47 Å². The molecule has 6 rings (SSSR count). The molecule has 0 aromatic heterocycles. The summed E-state index contributed by atoms with van der Waals surface area (Å²) in [5, 5.41) is 0. The van der Waals surface area contributed by atoms with Crippen molar-refractivity contribution < 1.29 is 14.3 Å². The van der Waals surface area contributed by atoms with Crippen molar-refractivity contribution in [1.82, 2.24) is 0 Å². The molecule has 14 heavy (non-hydrogen) atoms. The first kappa shape index (κ1) is 6.70. The number of ether oxygens (including phenoxy) is 2. The Morgan fingerprint density at radius 1 is 0.857 bits per heavy atom. The summed E-state index contributed by atoms with van der Waals surface area (Å²) in [7, 11) is 0. The summed E-state index contributed by atoms with van der Waals surface area (Å²) in [5.41, 5.74) is 0. The Labute approximate surface area is 81.7 Å². The van der Waals surface area contributed by atoms with Crippen LogP contribution >= 0.6 is 0 Å². The van der Waals surface area contributed by atoms with Gasteiger partial charge in [-0.2, -0.15) is 0 Å². The summed E-state index contributed by atoms with van der Waals surface area (Å²) in [6, 6.07) is 0. The lowest BCUT2D eigenvalue weighted by Gasteiger charge is -2.40. The molecule has 0 N–H and O–H groups in total. The first-order valence-electron chi connectivity index (χ1n) is 5.72. The first-order chi connectivity index (χ1) is 6.84. The van der Waals surface area contributed by atoms with Crippen LogP contribution in [0.25, 0.3) is 0 Å². The van der Waals surface area contributed by atoms with E-state index >= 15 is 0 Å². The van der Waals surface area contributed by atoms with E-state index in [2.05, 4.69) is 0 Å². The summed E-state index contributed by atoms with van der Waals surface area (Å²) in [5.74, 6) is 4.42. The largest absolute Gasteiger partial charge is 0.508 e. The molecular formula is C11H12O3. The van der Waals surface area contributed by atoms with Crippen LogP contribution < -0.4 is 0 Å². The van der Waals surface area contributed by atoms with E-state index in [1.165, 1.54) is 12.8 Å². The molecule has 6 bridgehead atoms. The van der Waals surface area contributed by atoms with Crippen molar-refractivity contribution in [2.75, 3.05) is 0 Å². The summed E-state index contributed by atoms with van der Waals surface area (Å²) in [6.45, 7) is 0. The van der Waals surface area contributed by atoms with E-state index in [4.69, 9.17) is 9.47 Å². The van der Waals surface area contributed by atoms with Gasteiger partial charge in [0.1, 0.15) is 12.2 Å². The van der Waals surface area contributed by atoms with Gasteiger partial charge in [-0.15, -0.1) is 0 Å². The molecule has 8 atom stereocenters. The van der Waals surface area contributed by atoms with Gasteiger partial charge in [-0.1, -0.05) is 0 Å². The van der Waals surface area contributed by atoms with Crippen LogP contribution in [0.3, 0.4) is 0 Å². The SMILES string of the molecule is O=C1OC2C3CC4C5CC(C(O1)C53)C42. The summed E-state index contributed by atoms with van der Waals surface area (Å²) in [4.78, 5) is 11.3. The predicted molar refractivity (Wildman–Crippen MR) is 45.3 cm³/mol. The lowest BCUT2D eigenvalue weighted by atomic mass is 9.67. The second-order valence-electron chi connectivity index (χ2n) is 5.70. The van der Waals surface area contributed by atoms with Gasteiger partial charge in [0.2, 0.25) is 0 Å². The third kappa shape index (κ3) is 0.452. The van der Waals surface area contributed by atoms with Crippen molar-refractivity contribution in [2.45, 2.75) is 25.0 Å². The number of carbonyl (C=O) groups is 1. The Kier molecular flexibility index (Phi) is 0.814. The molecule has 4 aliphatic carbocycles. The molecule has 0 spiro atoms. The van der Waals surface area contributed by atoms with Gasteiger partial charge in [-0.3, -0.25) is 0 Å². The van der Waals surface area contributed by atoms with Gasteiger partial charge in [-0.05, 0) is 24.7 Å². The number of rotatable bonds is 0. The maximum absolute atomic E-state index is 11.3. The normalized spacial score (nSPS) is 70.1. The molecule has 74 valence electrons. The van der Waals surface area contributed by atoms with Gasteiger partial charge >= 0.3 is 6.16 Å². The van der Waals surface area contributed by atoms with Gasteiger partial charge in [0.15, 0.2) is 0 Å². The van der Waals surface area contributed by atoms with Gasteiger partial charge in [-0.25, -0.2) is 4.79 Å². The molecule has 6 aliphatic rings. The zero-order valence-electron chi connectivity index (χ0n) is 7.76. The van der Waals surface area contributed by atoms with E-state index in [0.717, 1.165) is 11.8 Å². The molecule has 0 aromatic rings. The summed E-state index contributed by atoms with van der Waals surface area (Å²) in [6.07, 6.45) is 2.71. The number of hydrogen-bond donors (Lipinski definition) is 0. The number of hydrogen-bond acceptors (Lipinski definition) is 3. The molecule has 0 amide bonds. The van der Waals surface area contributed by atoms with E-state index in [9.17, 15) is 4.79 Å². The van der Waals surface area contributed by atoms with Crippen molar-refractivity contribution in [3.05, 3.63) is 0 Å². The van der Waals surface area contributed by atoms with Gasteiger partial charge in [0.25, 0.3) is 0 Å². The van der Waals surface area contributed by atoms with E-state index in [-0.39, 0.29) is 18.4 Å². The quantitative estimate of drug-likeness (QED) is 0.544. The van der Waals surface area contributed by atoms with Crippen molar-refractivity contribution in [2.24, 2.45) is 35.5 Å².